The molecular formula is C22H22FN3S. The molecule has 2 aromatic carbocycles. The minimum absolute atomic E-state index is 0.211. The summed E-state index contributed by atoms with van der Waals surface area (Å²) in [5.74, 6) is -0.211. The summed E-state index contributed by atoms with van der Waals surface area (Å²) >= 11 is 5.77. The van der Waals surface area contributed by atoms with Gasteiger partial charge in [-0.25, -0.2) is 4.39 Å². The van der Waals surface area contributed by atoms with Crippen molar-refractivity contribution in [3.8, 4) is 0 Å². The topological polar surface area (TPSA) is 20.2 Å². The van der Waals surface area contributed by atoms with Crippen molar-refractivity contribution < 1.29 is 4.39 Å². The molecular weight excluding hydrogens is 357 g/mol. The largest absolute Gasteiger partial charge is 0.348 e. The maximum absolute atomic E-state index is 14.7. The molecule has 0 saturated carbocycles. The number of aromatic nitrogens is 1. The van der Waals surface area contributed by atoms with Crippen molar-refractivity contribution in [2.75, 3.05) is 11.9 Å². The summed E-state index contributed by atoms with van der Waals surface area (Å²) in [5, 5.41) is 4.00. The second kappa shape index (κ2) is 7.16. The van der Waals surface area contributed by atoms with Gasteiger partial charge in [0.05, 0.1) is 6.04 Å². The van der Waals surface area contributed by atoms with Gasteiger partial charge in [0.15, 0.2) is 5.11 Å². The first-order valence-electron chi connectivity index (χ1n) is 9.09. The van der Waals surface area contributed by atoms with E-state index in [9.17, 15) is 4.39 Å². The Morgan fingerprint density at radius 2 is 1.85 bits per heavy atom. The minimum Gasteiger partial charge on any atom is -0.348 e. The van der Waals surface area contributed by atoms with Gasteiger partial charge in [-0.3, -0.25) is 0 Å². The highest BCUT2D eigenvalue weighted by molar-refractivity contribution is 7.80. The predicted molar refractivity (Wildman–Crippen MR) is 112 cm³/mol. The highest BCUT2D eigenvalue weighted by atomic mass is 32.1. The summed E-state index contributed by atoms with van der Waals surface area (Å²) < 4.78 is 16.8. The molecule has 0 fully saturated rings. The van der Waals surface area contributed by atoms with Crippen LogP contribution in [0.2, 0.25) is 0 Å². The molecule has 3 nitrogen and oxygen atoms in total. The first kappa shape index (κ1) is 17.7. The first-order valence-corrected chi connectivity index (χ1v) is 9.50. The van der Waals surface area contributed by atoms with Gasteiger partial charge in [0.2, 0.25) is 0 Å². The summed E-state index contributed by atoms with van der Waals surface area (Å²) in [4.78, 5) is 2.09. The average Bonchev–Trinajstić information content (AvgIpc) is 3.14. The van der Waals surface area contributed by atoms with Gasteiger partial charge in [0, 0.05) is 36.2 Å². The van der Waals surface area contributed by atoms with E-state index in [0.29, 0.717) is 10.7 Å². The monoisotopic (exact) mass is 379 g/mol. The van der Waals surface area contributed by atoms with Gasteiger partial charge in [0.1, 0.15) is 5.82 Å². The maximum Gasteiger partial charge on any atom is 0.174 e. The van der Waals surface area contributed by atoms with E-state index in [-0.39, 0.29) is 11.9 Å². The van der Waals surface area contributed by atoms with Crippen LogP contribution in [0.1, 0.15) is 28.4 Å². The Hall–Kier alpha value is -2.66. The minimum atomic E-state index is -0.250. The van der Waals surface area contributed by atoms with E-state index in [2.05, 4.69) is 34.7 Å². The fourth-order valence-electron chi connectivity index (χ4n) is 3.70. The van der Waals surface area contributed by atoms with Crippen LogP contribution in [0.4, 0.5) is 10.1 Å². The van der Waals surface area contributed by atoms with Crippen LogP contribution in [0, 0.1) is 19.7 Å². The van der Waals surface area contributed by atoms with Crippen LogP contribution < -0.4 is 5.32 Å². The Morgan fingerprint density at radius 3 is 2.67 bits per heavy atom. The van der Waals surface area contributed by atoms with Crippen LogP contribution in [0.5, 0.6) is 0 Å². The molecule has 0 saturated heterocycles. The third-order valence-electron chi connectivity index (χ3n) is 5.35. The van der Waals surface area contributed by atoms with Gasteiger partial charge in [-0.1, -0.05) is 30.3 Å². The van der Waals surface area contributed by atoms with E-state index in [1.54, 1.807) is 6.07 Å². The Labute approximate surface area is 164 Å². The molecule has 138 valence electrons. The zero-order valence-electron chi connectivity index (χ0n) is 15.4. The predicted octanol–water partition coefficient (Wildman–Crippen LogP) is 5.05. The molecule has 27 heavy (non-hydrogen) atoms. The van der Waals surface area contributed by atoms with E-state index in [1.165, 1.54) is 17.2 Å². The molecule has 0 spiro atoms. The smallest absolute Gasteiger partial charge is 0.174 e. The highest BCUT2D eigenvalue weighted by Crippen LogP contribution is 2.34. The average molecular weight is 380 g/mol. The number of rotatable bonds is 2. The number of hydrogen-bond donors (Lipinski definition) is 1. The molecule has 0 bridgehead atoms. The molecule has 0 amide bonds. The highest BCUT2D eigenvalue weighted by Gasteiger charge is 2.32. The second-order valence-electron chi connectivity index (χ2n) is 6.92. The number of fused-ring (bicyclic) bond motifs is 1. The van der Waals surface area contributed by atoms with Crippen LogP contribution in [0.15, 0.2) is 60.8 Å². The molecule has 0 aliphatic carbocycles. The first-order chi connectivity index (χ1) is 13.1. The lowest BCUT2D eigenvalue weighted by Gasteiger charge is -2.39. The Morgan fingerprint density at radius 1 is 1.04 bits per heavy atom. The summed E-state index contributed by atoms with van der Waals surface area (Å²) in [7, 11) is 0. The van der Waals surface area contributed by atoms with E-state index in [4.69, 9.17) is 12.2 Å². The number of aryl methyl sites for hydroxylation is 1. The molecule has 3 aromatic rings. The van der Waals surface area contributed by atoms with Crippen LogP contribution in [-0.2, 0) is 6.54 Å². The second-order valence-corrected chi connectivity index (χ2v) is 7.31. The van der Waals surface area contributed by atoms with Gasteiger partial charge in [0.25, 0.3) is 0 Å². The lowest BCUT2D eigenvalue weighted by atomic mass is 9.99. The van der Waals surface area contributed by atoms with Crippen molar-refractivity contribution in [1.29, 1.82) is 0 Å². The molecule has 1 aromatic heterocycles. The third-order valence-corrected chi connectivity index (χ3v) is 5.68. The molecule has 2 heterocycles. The fourth-order valence-corrected chi connectivity index (χ4v) is 4.01. The molecule has 1 aliphatic rings. The summed E-state index contributed by atoms with van der Waals surface area (Å²) in [5.41, 5.74) is 5.07. The number of nitrogens with one attached hydrogen (secondary N) is 1. The summed E-state index contributed by atoms with van der Waals surface area (Å²) in [6, 6.07) is 16.9. The quantitative estimate of drug-likeness (QED) is 0.630. The van der Waals surface area contributed by atoms with Crippen LogP contribution in [0.3, 0.4) is 0 Å². The van der Waals surface area contributed by atoms with Gasteiger partial charge in [-0.05, 0) is 61.5 Å². The maximum atomic E-state index is 14.7. The van der Waals surface area contributed by atoms with Gasteiger partial charge < -0.3 is 14.8 Å². The lowest BCUT2D eigenvalue weighted by Crippen LogP contribution is -2.44. The van der Waals surface area contributed by atoms with Gasteiger partial charge in [-0.2, -0.15) is 0 Å². The number of benzene rings is 2. The SMILES string of the molecule is Cc1cccc(NC(=S)N2CCn3cccc3C2c2ccccc2F)c1C. The van der Waals surface area contributed by atoms with Crippen molar-refractivity contribution in [3.05, 3.63) is 89.0 Å². The van der Waals surface area contributed by atoms with Gasteiger partial charge in [-0.15, -0.1) is 0 Å². The lowest BCUT2D eigenvalue weighted by molar-refractivity contribution is 0.288. The van der Waals surface area contributed by atoms with Crippen LogP contribution in [-0.4, -0.2) is 21.1 Å². The number of hydrogen-bond acceptors (Lipinski definition) is 1. The zero-order valence-corrected chi connectivity index (χ0v) is 16.3. The Bertz CT molecular complexity index is 995. The van der Waals surface area contributed by atoms with Crippen LogP contribution >= 0.6 is 12.2 Å². The number of nitrogens with zero attached hydrogens (tertiary/aromatic N) is 2. The van der Waals surface area contributed by atoms with E-state index >= 15 is 0 Å². The van der Waals surface area contributed by atoms with Crippen molar-refractivity contribution in [3.63, 3.8) is 0 Å². The third kappa shape index (κ3) is 3.23. The number of thiocarbonyl (C=S) groups is 1. The standard InChI is InChI=1S/C22H22FN3S/c1-15-7-5-10-19(16(15)2)24-22(27)26-14-13-25-12-6-11-20(25)21(26)17-8-3-4-9-18(17)23/h3-12,21H,13-14H2,1-2H3,(H,24,27). The number of anilines is 1. The van der Waals surface area contributed by atoms with Crippen molar-refractivity contribution in [2.45, 2.75) is 26.4 Å². The van der Waals surface area contributed by atoms with E-state index in [0.717, 1.165) is 24.5 Å². The summed E-state index contributed by atoms with van der Waals surface area (Å²) in [6.07, 6.45) is 2.04. The zero-order chi connectivity index (χ0) is 19.0. The molecule has 5 heteroatoms. The fraction of sp³-hybridized carbons (Fsp3) is 0.227. The van der Waals surface area contributed by atoms with Crippen molar-refractivity contribution >= 4 is 23.0 Å². The molecule has 1 atom stereocenters. The van der Waals surface area contributed by atoms with E-state index in [1.807, 2.05) is 42.6 Å². The Kier molecular flexibility index (Phi) is 4.70. The van der Waals surface area contributed by atoms with E-state index < -0.39 is 0 Å². The molecule has 1 aliphatic heterocycles. The van der Waals surface area contributed by atoms with Gasteiger partial charge >= 0.3 is 0 Å². The van der Waals surface area contributed by atoms with Crippen LogP contribution in [0.25, 0.3) is 0 Å². The molecule has 1 N–H and O–H groups in total. The van der Waals surface area contributed by atoms with Crippen molar-refractivity contribution in [2.24, 2.45) is 0 Å². The molecule has 4 rings (SSSR count). The molecule has 0 radical (unpaired) electrons. The number of halogens is 1. The van der Waals surface area contributed by atoms with Crippen molar-refractivity contribution in [1.82, 2.24) is 9.47 Å². The normalized spacial score (nSPS) is 16.1. The molecule has 1 unspecified atom stereocenters. The Balaban J connectivity index is 1.71. The summed E-state index contributed by atoms with van der Waals surface area (Å²) in [6.45, 7) is 5.70.